The minimum Gasteiger partial charge on any atom is -0.352 e. The Bertz CT molecular complexity index is 511. The molecule has 0 aliphatic carbocycles. The van der Waals surface area contributed by atoms with Gasteiger partial charge in [0.1, 0.15) is 26.7 Å². The highest BCUT2D eigenvalue weighted by Gasteiger charge is 2.26. The average molecular weight is 407 g/mol. The summed E-state index contributed by atoms with van der Waals surface area (Å²) in [5.41, 5.74) is 5.54. The minimum atomic E-state index is -0.0880. The molecule has 2 N–H and O–H groups in total. The summed E-state index contributed by atoms with van der Waals surface area (Å²) in [6.07, 6.45) is 0. The lowest BCUT2D eigenvalue weighted by atomic mass is 10.6. The highest BCUT2D eigenvalue weighted by Crippen LogP contribution is 2.17. The van der Waals surface area contributed by atoms with Crippen molar-refractivity contribution < 1.29 is 19.1 Å². The molecule has 0 atom stereocenters. The van der Waals surface area contributed by atoms with Crippen LogP contribution in [0.2, 0.25) is 0 Å². The fraction of sp³-hybridized carbons (Fsp3) is 0.500. The van der Waals surface area contributed by atoms with E-state index in [0.717, 1.165) is 0 Å². The van der Waals surface area contributed by atoms with Gasteiger partial charge in [0.25, 0.3) is 11.8 Å². The van der Waals surface area contributed by atoms with Gasteiger partial charge in [-0.3, -0.25) is 9.59 Å². The van der Waals surface area contributed by atoms with E-state index in [4.69, 9.17) is 33.9 Å². The normalized spacial score (nSPS) is 17.7. The van der Waals surface area contributed by atoms with E-state index in [0.29, 0.717) is 20.1 Å². The quantitative estimate of drug-likeness (QED) is 0.242. The van der Waals surface area contributed by atoms with E-state index in [-0.39, 0.29) is 38.5 Å². The minimum absolute atomic E-state index is 0.0880. The molecule has 2 amide bonds. The van der Waals surface area contributed by atoms with E-state index in [2.05, 4.69) is 22.7 Å². The molecule has 0 aromatic rings. The number of thiocarbonyl (C=S) groups is 2. The summed E-state index contributed by atoms with van der Waals surface area (Å²) < 4.78 is 11.4. The molecular formula is C12H14N4O4S4. The molecule has 2 fully saturated rings. The van der Waals surface area contributed by atoms with Crippen LogP contribution in [0.1, 0.15) is 0 Å². The molecule has 2 rings (SSSR count). The predicted molar refractivity (Wildman–Crippen MR) is 99.5 cm³/mol. The number of hydrazine groups is 2. The van der Waals surface area contributed by atoms with Crippen molar-refractivity contribution in [2.45, 2.75) is 0 Å². The monoisotopic (exact) mass is 406 g/mol. The van der Waals surface area contributed by atoms with Crippen molar-refractivity contribution in [3.63, 3.8) is 0 Å². The van der Waals surface area contributed by atoms with Crippen LogP contribution >= 0.6 is 48.0 Å². The Hall–Kier alpha value is -0.780. The zero-order chi connectivity index (χ0) is 17.4. The molecule has 0 radical (unpaired) electrons. The lowest BCUT2D eigenvalue weighted by Gasteiger charge is -2.15. The van der Waals surface area contributed by atoms with Gasteiger partial charge in [-0.15, -0.1) is 0 Å². The number of nitrogens with one attached hydrogen (secondary N) is 2. The number of hydrogen-bond acceptors (Lipinski definition) is 10. The number of ether oxygens (including phenoxy) is 2. The molecule has 12 heteroatoms. The third-order valence-corrected chi connectivity index (χ3v) is 5.34. The van der Waals surface area contributed by atoms with Crippen molar-refractivity contribution >= 4 is 68.4 Å². The van der Waals surface area contributed by atoms with Gasteiger partial charge in [0.15, 0.2) is 8.64 Å². The van der Waals surface area contributed by atoms with Gasteiger partial charge in [0.05, 0.1) is 11.5 Å². The smallest absolute Gasteiger partial charge is 0.253 e. The molecule has 2 heterocycles. The van der Waals surface area contributed by atoms with Crippen LogP contribution in [0.25, 0.3) is 0 Å². The first-order valence-corrected chi connectivity index (χ1v) is 9.46. The first-order chi connectivity index (χ1) is 11.6. The molecule has 2 aliphatic rings. The molecule has 8 nitrogen and oxygen atoms in total. The Labute approximate surface area is 158 Å². The largest absolute Gasteiger partial charge is 0.352 e. The summed E-state index contributed by atoms with van der Waals surface area (Å²) in [7, 11) is 0. The SMILES string of the molecule is O=C1CSC(=S)N1NCOCC#CCOCNN1C(=O)CSC1=S. The van der Waals surface area contributed by atoms with Crippen molar-refractivity contribution in [3.05, 3.63) is 0 Å². The Balaban J connectivity index is 1.47. The zero-order valence-corrected chi connectivity index (χ0v) is 15.7. The number of amides is 2. The molecule has 0 unspecified atom stereocenters. The van der Waals surface area contributed by atoms with Crippen LogP contribution in [0, 0.1) is 11.8 Å². The van der Waals surface area contributed by atoms with Gasteiger partial charge in [-0.05, 0) is 0 Å². The third-order valence-electron chi connectivity index (χ3n) is 2.63. The zero-order valence-electron chi connectivity index (χ0n) is 12.4. The summed E-state index contributed by atoms with van der Waals surface area (Å²) in [6, 6.07) is 0. The number of carbonyl (C=O) groups is 2. The van der Waals surface area contributed by atoms with Gasteiger partial charge in [-0.25, -0.2) is 20.9 Å². The Morgan fingerprint density at radius 1 is 0.917 bits per heavy atom. The number of thioether (sulfide) groups is 2. The third kappa shape index (κ3) is 5.94. The molecular weight excluding hydrogens is 392 g/mol. The van der Waals surface area contributed by atoms with Gasteiger partial charge in [-0.1, -0.05) is 59.8 Å². The Morgan fingerprint density at radius 3 is 1.67 bits per heavy atom. The first kappa shape index (κ1) is 19.5. The summed E-state index contributed by atoms with van der Waals surface area (Å²) in [6.45, 7) is 0.652. The standard InChI is InChI=1S/C12H14N4O4S4/c17-9-5-23-11(21)15(9)13-7-19-3-1-2-4-20-8-14-16-10(18)6-24-12(16)22/h13-14H,3-8H2. The van der Waals surface area contributed by atoms with Crippen LogP contribution in [0.3, 0.4) is 0 Å². The number of hydrogen-bond donors (Lipinski definition) is 2. The lowest BCUT2D eigenvalue weighted by molar-refractivity contribution is -0.128. The number of rotatable bonds is 8. The van der Waals surface area contributed by atoms with Crippen molar-refractivity contribution in [3.8, 4) is 11.8 Å². The van der Waals surface area contributed by atoms with Gasteiger partial charge in [0.2, 0.25) is 0 Å². The average Bonchev–Trinajstić information content (AvgIpc) is 3.05. The van der Waals surface area contributed by atoms with E-state index in [1.807, 2.05) is 0 Å². The fourth-order valence-electron chi connectivity index (χ4n) is 1.54. The topological polar surface area (TPSA) is 83.1 Å². The highest BCUT2D eigenvalue weighted by atomic mass is 32.2. The van der Waals surface area contributed by atoms with Gasteiger partial charge < -0.3 is 9.47 Å². The summed E-state index contributed by atoms with van der Waals surface area (Å²) in [5, 5.41) is 2.59. The molecule has 0 saturated carbocycles. The molecule has 2 aliphatic heterocycles. The molecule has 0 aromatic carbocycles. The van der Waals surface area contributed by atoms with Gasteiger partial charge in [0, 0.05) is 0 Å². The maximum absolute atomic E-state index is 11.4. The van der Waals surface area contributed by atoms with E-state index in [1.165, 1.54) is 33.5 Å². The van der Waals surface area contributed by atoms with Crippen LogP contribution in [0.4, 0.5) is 0 Å². The summed E-state index contributed by atoms with van der Waals surface area (Å²) in [5.74, 6) is 6.05. The van der Waals surface area contributed by atoms with E-state index < -0.39 is 0 Å². The first-order valence-electron chi connectivity index (χ1n) is 6.67. The van der Waals surface area contributed by atoms with Crippen LogP contribution in [-0.2, 0) is 19.1 Å². The van der Waals surface area contributed by atoms with E-state index in [9.17, 15) is 9.59 Å². The van der Waals surface area contributed by atoms with Gasteiger partial charge in [-0.2, -0.15) is 0 Å². The second kappa shape index (κ2) is 10.3. The fourth-order valence-corrected chi connectivity index (χ4v) is 3.57. The second-order valence-electron chi connectivity index (χ2n) is 4.22. The van der Waals surface area contributed by atoms with E-state index >= 15 is 0 Å². The molecule has 2 saturated heterocycles. The van der Waals surface area contributed by atoms with E-state index in [1.54, 1.807) is 0 Å². The lowest BCUT2D eigenvalue weighted by Crippen LogP contribution is -2.42. The molecule has 0 spiro atoms. The van der Waals surface area contributed by atoms with Crippen molar-refractivity contribution in [1.29, 1.82) is 0 Å². The van der Waals surface area contributed by atoms with Gasteiger partial charge >= 0.3 is 0 Å². The number of carbonyl (C=O) groups excluding carboxylic acids is 2. The van der Waals surface area contributed by atoms with Crippen LogP contribution < -0.4 is 10.9 Å². The maximum atomic E-state index is 11.4. The molecule has 0 aromatic heterocycles. The molecule has 24 heavy (non-hydrogen) atoms. The Morgan fingerprint density at radius 2 is 1.33 bits per heavy atom. The molecule has 130 valence electrons. The van der Waals surface area contributed by atoms with Crippen molar-refractivity contribution in [2.24, 2.45) is 0 Å². The highest BCUT2D eigenvalue weighted by molar-refractivity contribution is 8.24. The predicted octanol–water partition coefficient (Wildman–Crippen LogP) is -0.332. The summed E-state index contributed by atoms with van der Waals surface area (Å²) in [4.78, 5) is 22.8. The second-order valence-corrected chi connectivity index (χ2v) is 7.44. The number of nitrogens with zero attached hydrogens (tertiary/aromatic N) is 2. The Kier molecular flexibility index (Phi) is 8.36. The summed E-state index contributed by atoms with van der Waals surface area (Å²) >= 11 is 12.6. The van der Waals surface area contributed by atoms with Crippen molar-refractivity contribution in [2.75, 3.05) is 38.2 Å². The van der Waals surface area contributed by atoms with Crippen molar-refractivity contribution in [1.82, 2.24) is 20.9 Å². The maximum Gasteiger partial charge on any atom is 0.253 e. The van der Waals surface area contributed by atoms with Crippen LogP contribution in [0.15, 0.2) is 0 Å². The van der Waals surface area contributed by atoms with Crippen LogP contribution in [0.5, 0.6) is 0 Å². The van der Waals surface area contributed by atoms with Crippen LogP contribution in [-0.4, -0.2) is 68.7 Å². The molecule has 0 bridgehead atoms.